The number of nitrogens with one attached hydrogen (secondary N) is 1. The zero-order valence-electron chi connectivity index (χ0n) is 8.25. The van der Waals surface area contributed by atoms with E-state index in [1.807, 2.05) is 7.05 Å². The molecular formula is C9H20N2O. The minimum atomic E-state index is -0.154. The molecule has 0 radical (unpaired) electrons. The summed E-state index contributed by atoms with van der Waals surface area (Å²) < 4.78 is 0. The Hall–Kier alpha value is -0.120. The van der Waals surface area contributed by atoms with Gasteiger partial charge in [0, 0.05) is 25.2 Å². The van der Waals surface area contributed by atoms with Gasteiger partial charge in [-0.15, -0.1) is 0 Å². The zero-order chi connectivity index (χ0) is 9.14. The van der Waals surface area contributed by atoms with Crippen molar-refractivity contribution in [3.05, 3.63) is 0 Å². The van der Waals surface area contributed by atoms with Gasteiger partial charge in [0.25, 0.3) is 0 Å². The van der Waals surface area contributed by atoms with E-state index in [0.29, 0.717) is 12.1 Å². The molecule has 0 aromatic rings. The number of β-amino-alcohol motifs (C(OH)–C–C–N with tert-alkyl or cyclic N) is 1. The monoisotopic (exact) mass is 172 g/mol. The highest BCUT2D eigenvalue weighted by Crippen LogP contribution is 2.12. The van der Waals surface area contributed by atoms with Crippen molar-refractivity contribution in [3.63, 3.8) is 0 Å². The minimum Gasteiger partial charge on any atom is -0.392 e. The van der Waals surface area contributed by atoms with Gasteiger partial charge >= 0.3 is 0 Å². The van der Waals surface area contributed by atoms with Gasteiger partial charge in [0.05, 0.1) is 6.10 Å². The Morgan fingerprint density at radius 3 is 2.58 bits per heavy atom. The SMILES string of the molecule is CNC1CC(O)CN(C(C)C)C1. The van der Waals surface area contributed by atoms with Crippen molar-refractivity contribution in [2.75, 3.05) is 20.1 Å². The number of nitrogens with zero attached hydrogens (tertiary/aromatic N) is 1. The number of piperidine rings is 1. The van der Waals surface area contributed by atoms with E-state index in [0.717, 1.165) is 19.5 Å². The molecule has 72 valence electrons. The Balaban J connectivity index is 2.45. The van der Waals surface area contributed by atoms with E-state index in [1.165, 1.54) is 0 Å². The van der Waals surface area contributed by atoms with Gasteiger partial charge in [-0.3, -0.25) is 4.90 Å². The topological polar surface area (TPSA) is 35.5 Å². The van der Waals surface area contributed by atoms with Gasteiger partial charge in [0.15, 0.2) is 0 Å². The Kier molecular flexibility index (Phi) is 3.50. The Labute approximate surface area is 74.8 Å². The van der Waals surface area contributed by atoms with Gasteiger partial charge in [-0.1, -0.05) is 0 Å². The highest BCUT2D eigenvalue weighted by Gasteiger charge is 2.25. The molecule has 2 unspecified atom stereocenters. The van der Waals surface area contributed by atoms with E-state index in [-0.39, 0.29) is 6.10 Å². The predicted octanol–water partition coefficient (Wildman–Crippen LogP) is 0.0494. The first-order valence-electron chi connectivity index (χ1n) is 4.73. The highest BCUT2D eigenvalue weighted by molar-refractivity contribution is 4.83. The fourth-order valence-electron chi connectivity index (χ4n) is 1.74. The number of aliphatic hydroxyl groups excluding tert-OH is 1. The fraction of sp³-hybridized carbons (Fsp3) is 1.00. The summed E-state index contributed by atoms with van der Waals surface area (Å²) in [5.41, 5.74) is 0. The number of rotatable bonds is 2. The van der Waals surface area contributed by atoms with E-state index in [9.17, 15) is 5.11 Å². The molecule has 0 amide bonds. The summed E-state index contributed by atoms with van der Waals surface area (Å²) in [4.78, 5) is 2.31. The van der Waals surface area contributed by atoms with Gasteiger partial charge in [0.1, 0.15) is 0 Å². The van der Waals surface area contributed by atoms with Crippen molar-refractivity contribution in [1.82, 2.24) is 10.2 Å². The smallest absolute Gasteiger partial charge is 0.0682 e. The van der Waals surface area contributed by atoms with Crippen LogP contribution in [0.4, 0.5) is 0 Å². The molecule has 0 saturated carbocycles. The summed E-state index contributed by atoms with van der Waals surface area (Å²) in [6.07, 6.45) is 0.735. The summed E-state index contributed by atoms with van der Waals surface area (Å²) in [5, 5.41) is 12.8. The van der Waals surface area contributed by atoms with Gasteiger partial charge in [-0.2, -0.15) is 0 Å². The third kappa shape index (κ3) is 2.44. The molecule has 1 aliphatic heterocycles. The van der Waals surface area contributed by atoms with Crippen molar-refractivity contribution in [2.24, 2.45) is 0 Å². The van der Waals surface area contributed by atoms with Crippen LogP contribution in [0.2, 0.25) is 0 Å². The largest absolute Gasteiger partial charge is 0.392 e. The molecule has 0 spiro atoms. The third-order valence-corrected chi connectivity index (χ3v) is 2.60. The molecule has 2 atom stereocenters. The molecule has 0 aliphatic carbocycles. The molecule has 1 fully saturated rings. The van der Waals surface area contributed by atoms with Gasteiger partial charge < -0.3 is 10.4 Å². The maximum absolute atomic E-state index is 9.55. The molecule has 1 aliphatic rings. The van der Waals surface area contributed by atoms with Crippen LogP contribution in [0.25, 0.3) is 0 Å². The number of likely N-dealkylation sites (N-methyl/N-ethyl adjacent to an activating group) is 1. The number of hydrogen-bond donors (Lipinski definition) is 2. The van der Waals surface area contributed by atoms with Gasteiger partial charge in [-0.05, 0) is 27.3 Å². The zero-order valence-corrected chi connectivity index (χ0v) is 8.25. The summed E-state index contributed by atoms with van der Waals surface area (Å²) in [5.74, 6) is 0. The van der Waals surface area contributed by atoms with Crippen molar-refractivity contribution in [2.45, 2.75) is 38.5 Å². The lowest BCUT2D eigenvalue weighted by atomic mass is 10.0. The summed E-state index contributed by atoms with van der Waals surface area (Å²) >= 11 is 0. The molecule has 1 heterocycles. The molecule has 3 heteroatoms. The lowest BCUT2D eigenvalue weighted by Crippen LogP contribution is -2.52. The molecule has 1 rings (SSSR count). The van der Waals surface area contributed by atoms with E-state index >= 15 is 0 Å². The number of likely N-dealkylation sites (tertiary alicyclic amines) is 1. The van der Waals surface area contributed by atoms with E-state index in [2.05, 4.69) is 24.1 Å². The summed E-state index contributed by atoms with van der Waals surface area (Å²) in [7, 11) is 1.96. The lowest BCUT2D eigenvalue weighted by molar-refractivity contribution is 0.0383. The molecular weight excluding hydrogens is 152 g/mol. The molecule has 1 saturated heterocycles. The average molecular weight is 172 g/mol. The van der Waals surface area contributed by atoms with Crippen LogP contribution < -0.4 is 5.32 Å². The normalized spacial score (nSPS) is 32.8. The Morgan fingerprint density at radius 2 is 2.08 bits per heavy atom. The fourth-order valence-corrected chi connectivity index (χ4v) is 1.74. The standard InChI is InChI=1S/C9H20N2O/c1-7(2)11-5-8(10-3)4-9(12)6-11/h7-10,12H,4-6H2,1-3H3. The molecule has 12 heavy (non-hydrogen) atoms. The first kappa shape index (κ1) is 9.96. The van der Waals surface area contributed by atoms with Crippen LogP contribution in [0, 0.1) is 0 Å². The van der Waals surface area contributed by atoms with Crippen LogP contribution in [0.1, 0.15) is 20.3 Å². The number of aliphatic hydroxyl groups is 1. The predicted molar refractivity (Wildman–Crippen MR) is 50.2 cm³/mol. The maximum Gasteiger partial charge on any atom is 0.0682 e. The molecule has 0 aromatic heterocycles. The van der Waals surface area contributed by atoms with Crippen molar-refractivity contribution in [1.29, 1.82) is 0 Å². The third-order valence-electron chi connectivity index (χ3n) is 2.60. The van der Waals surface area contributed by atoms with E-state index in [4.69, 9.17) is 0 Å². The maximum atomic E-state index is 9.55. The molecule has 2 N–H and O–H groups in total. The number of hydrogen-bond acceptors (Lipinski definition) is 3. The van der Waals surface area contributed by atoms with Crippen LogP contribution in [-0.2, 0) is 0 Å². The highest BCUT2D eigenvalue weighted by atomic mass is 16.3. The van der Waals surface area contributed by atoms with E-state index < -0.39 is 0 Å². The van der Waals surface area contributed by atoms with Crippen LogP contribution in [-0.4, -0.2) is 48.3 Å². The van der Waals surface area contributed by atoms with Gasteiger partial charge in [-0.25, -0.2) is 0 Å². The summed E-state index contributed by atoms with van der Waals surface area (Å²) in [6.45, 7) is 6.23. The molecule has 0 aromatic carbocycles. The molecule has 0 bridgehead atoms. The second-order valence-electron chi connectivity index (χ2n) is 3.92. The van der Waals surface area contributed by atoms with Crippen LogP contribution in [0.3, 0.4) is 0 Å². The van der Waals surface area contributed by atoms with Crippen molar-refractivity contribution >= 4 is 0 Å². The van der Waals surface area contributed by atoms with Gasteiger partial charge in [0.2, 0.25) is 0 Å². The minimum absolute atomic E-state index is 0.154. The summed E-state index contributed by atoms with van der Waals surface area (Å²) in [6, 6.07) is 0.993. The first-order valence-corrected chi connectivity index (χ1v) is 4.73. The second-order valence-corrected chi connectivity index (χ2v) is 3.92. The Bertz CT molecular complexity index is 138. The van der Waals surface area contributed by atoms with Crippen LogP contribution in [0.15, 0.2) is 0 Å². The van der Waals surface area contributed by atoms with Crippen LogP contribution in [0.5, 0.6) is 0 Å². The quantitative estimate of drug-likeness (QED) is 0.618. The van der Waals surface area contributed by atoms with E-state index in [1.54, 1.807) is 0 Å². The Morgan fingerprint density at radius 1 is 1.42 bits per heavy atom. The second kappa shape index (κ2) is 4.21. The molecule has 3 nitrogen and oxygen atoms in total. The first-order chi connectivity index (χ1) is 5.63. The lowest BCUT2D eigenvalue weighted by Gasteiger charge is -2.37. The van der Waals surface area contributed by atoms with Crippen molar-refractivity contribution in [3.8, 4) is 0 Å². The van der Waals surface area contributed by atoms with Crippen LogP contribution >= 0.6 is 0 Å². The van der Waals surface area contributed by atoms with Crippen molar-refractivity contribution < 1.29 is 5.11 Å². The average Bonchev–Trinajstić information content (AvgIpc) is 2.03.